The number of rotatable bonds is 3. The monoisotopic (exact) mass is 268 g/mol. The maximum Gasteiger partial charge on any atom is 0.284 e. The van der Waals surface area contributed by atoms with Crippen LogP contribution >= 0.6 is 11.3 Å². The molecule has 0 radical (unpaired) electrons. The maximum atomic E-state index is 12.1. The Balaban J connectivity index is 1.88. The Morgan fingerprint density at radius 1 is 1.56 bits per heavy atom. The fourth-order valence-corrected chi connectivity index (χ4v) is 3.04. The second kappa shape index (κ2) is 5.80. The Morgan fingerprint density at radius 3 is 2.78 bits per heavy atom. The van der Waals surface area contributed by atoms with E-state index in [4.69, 9.17) is 0 Å². The number of carbonyl (C=O) groups excluding carboxylic acids is 1. The summed E-state index contributed by atoms with van der Waals surface area (Å²) >= 11 is 1.53. The molecule has 0 spiro atoms. The van der Waals surface area contributed by atoms with E-state index in [0.717, 1.165) is 23.9 Å². The van der Waals surface area contributed by atoms with Gasteiger partial charge in [-0.05, 0) is 32.6 Å². The zero-order chi connectivity index (χ0) is 13.1. The number of quaternary nitrogens is 1. The van der Waals surface area contributed by atoms with E-state index in [1.807, 2.05) is 13.8 Å². The van der Waals surface area contributed by atoms with Gasteiger partial charge >= 0.3 is 0 Å². The van der Waals surface area contributed by atoms with Gasteiger partial charge in [0.1, 0.15) is 0 Å². The number of amides is 1. The van der Waals surface area contributed by atoms with Crippen molar-refractivity contribution in [2.75, 3.05) is 18.4 Å². The van der Waals surface area contributed by atoms with Crippen LogP contribution in [-0.4, -0.2) is 30.0 Å². The van der Waals surface area contributed by atoms with Crippen LogP contribution in [-0.2, 0) is 4.79 Å². The van der Waals surface area contributed by atoms with Crippen molar-refractivity contribution in [3.63, 3.8) is 0 Å². The van der Waals surface area contributed by atoms with Crippen LogP contribution < -0.4 is 10.2 Å². The third-order valence-electron chi connectivity index (χ3n) is 3.77. The Morgan fingerprint density at radius 2 is 2.22 bits per heavy atom. The molecule has 5 heteroatoms. The minimum absolute atomic E-state index is 0.0155. The number of aromatic nitrogens is 1. The summed E-state index contributed by atoms with van der Waals surface area (Å²) in [5, 5.41) is 3.64. The molecule has 0 unspecified atom stereocenters. The summed E-state index contributed by atoms with van der Waals surface area (Å²) in [4.78, 5) is 18.8. The lowest BCUT2D eigenvalue weighted by atomic mass is 9.98. The molecule has 0 aliphatic carbocycles. The van der Waals surface area contributed by atoms with E-state index in [-0.39, 0.29) is 11.9 Å². The minimum Gasteiger partial charge on any atom is -0.325 e. The largest absolute Gasteiger partial charge is 0.325 e. The highest BCUT2D eigenvalue weighted by molar-refractivity contribution is 7.15. The molecule has 1 atom stereocenters. The quantitative estimate of drug-likeness (QED) is 0.862. The molecule has 2 N–H and O–H groups in total. The molecule has 0 aromatic carbocycles. The predicted molar refractivity (Wildman–Crippen MR) is 74.0 cm³/mol. The molecule has 0 bridgehead atoms. The number of likely N-dealkylation sites (tertiary alicyclic amines) is 1. The standard InChI is InChI=1S/C13H21N3OS/c1-9-4-6-16(7-5-9)11(3)12(17)15-13-14-8-10(2)18-13/h8-9,11H,4-7H2,1-3H3,(H,14,15,17)/p+1/t11-/m1/s1. The summed E-state index contributed by atoms with van der Waals surface area (Å²) in [6.07, 6.45) is 4.24. The van der Waals surface area contributed by atoms with Gasteiger partial charge in [0.2, 0.25) is 0 Å². The number of hydrogen-bond acceptors (Lipinski definition) is 3. The summed E-state index contributed by atoms with van der Waals surface area (Å²) in [5.74, 6) is 0.902. The minimum atomic E-state index is 0.0155. The Kier molecular flexibility index (Phi) is 4.35. The summed E-state index contributed by atoms with van der Waals surface area (Å²) in [7, 11) is 0. The lowest BCUT2D eigenvalue weighted by Gasteiger charge is -2.31. The smallest absolute Gasteiger partial charge is 0.284 e. The van der Waals surface area contributed by atoms with Crippen LogP contribution in [0.5, 0.6) is 0 Å². The number of carbonyl (C=O) groups is 1. The molecule has 1 saturated heterocycles. The van der Waals surface area contributed by atoms with Gasteiger partial charge in [0.05, 0.1) is 13.1 Å². The molecule has 0 saturated carbocycles. The third-order valence-corrected chi connectivity index (χ3v) is 4.60. The Bertz CT molecular complexity index is 410. The molecular formula is C13H22N3OS+. The summed E-state index contributed by atoms with van der Waals surface area (Å²) < 4.78 is 0. The van der Waals surface area contributed by atoms with Crippen molar-refractivity contribution in [1.82, 2.24) is 4.98 Å². The summed E-state index contributed by atoms with van der Waals surface area (Å²) in [6, 6.07) is 0.0155. The maximum absolute atomic E-state index is 12.1. The molecule has 1 amide bonds. The van der Waals surface area contributed by atoms with Crippen LogP contribution in [0.15, 0.2) is 6.20 Å². The highest BCUT2D eigenvalue weighted by atomic mass is 32.1. The van der Waals surface area contributed by atoms with E-state index in [0.29, 0.717) is 5.13 Å². The van der Waals surface area contributed by atoms with Crippen molar-refractivity contribution in [1.29, 1.82) is 0 Å². The van der Waals surface area contributed by atoms with E-state index in [9.17, 15) is 4.79 Å². The van der Waals surface area contributed by atoms with Gasteiger partial charge < -0.3 is 4.90 Å². The number of nitrogens with one attached hydrogen (secondary N) is 2. The average molecular weight is 268 g/mol. The summed E-state index contributed by atoms with van der Waals surface area (Å²) in [5.41, 5.74) is 0. The van der Waals surface area contributed by atoms with Crippen LogP contribution in [0.4, 0.5) is 5.13 Å². The SMILES string of the molecule is Cc1cnc(NC(=O)[C@@H](C)[NH+]2CCC(C)CC2)s1. The number of hydrogen-bond donors (Lipinski definition) is 2. The van der Waals surface area contributed by atoms with Gasteiger partial charge in [-0.15, -0.1) is 11.3 Å². The van der Waals surface area contributed by atoms with Crippen LogP contribution in [0.2, 0.25) is 0 Å². The Labute approximate surface area is 112 Å². The average Bonchev–Trinajstić information content (AvgIpc) is 2.75. The van der Waals surface area contributed by atoms with Gasteiger partial charge in [0.25, 0.3) is 5.91 Å². The van der Waals surface area contributed by atoms with Crippen molar-refractivity contribution in [2.24, 2.45) is 5.92 Å². The lowest BCUT2D eigenvalue weighted by molar-refractivity contribution is -0.919. The van der Waals surface area contributed by atoms with Gasteiger partial charge in [-0.1, -0.05) is 6.92 Å². The number of nitrogens with zero attached hydrogens (tertiary/aromatic N) is 1. The first-order valence-electron chi connectivity index (χ1n) is 6.64. The second-order valence-corrected chi connectivity index (χ2v) is 6.56. The number of piperidine rings is 1. The van der Waals surface area contributed by atoms with Crippen molar-refractivity contribution >= 4 is 22.4 Å². The molecule has 1 aliphatic heterocycles. The fourth-order valence-electron chi connectivity index (χ4n) is 2.38. The van der Waals surface area contributed by atoms with E-state index in [1.54, 1.807) is 6.20 Å². The Hall–Kier alpha value is -0.940. The van der Waals surface area contributed by atoms with Gasteiger partial charge in [-0.3, -0.25) is 10.1 Å². The van der Waals surface area contributed by atoms with Crippen LogP contribution in [0.25, 0.3) is 0 Å². The second-order valence-electron chi connectivity index (χ2n) is 5.33. The predicted octanol–water partition coefficient (Wildman–Crippen LogP) is 1.09. The normalized spacial score (nSPS) is 25.7. The highest BCUT2D eigenvalue weighted by Crippen LogP contribution is 2.16. The number of aryl methyl sites for hydroxylation is 1. The van der Waals surface area contributed by atoms with E-state index >= 15 is 0 Å². The third kappa shape index (κ3) is 3.29. The van der Waals surface area contributed by atoms with Crippen molar-refractivity contribution < 1.29 is 9.69 Å². The van der Waals surface area contributed by atoms with Crippen LogP contribution in [0.1, 0.15) is 31.6 Å². The molecule has 18 heavy (non-hydrogen) atoms. The molecule has 1 aromatic heterocycles. The molecule has 1 aromatic rings. The lowest BCUT2D eigenvalue weighted by Crippen LogP contribution is -3.17. The molecule has 100 valence electrons. The zero-order valence-corrected chi connectivity index (χ0v) is 12.1. The first-order chi connectivity index (χ1) is 8.56. The topological polar surface area (TPSA) is 46.4 Å². The van der Waals surface area contributed by atoms with E-state index in [2.05, 4.69) is 17.2 Å². The zero-order valence-electron chi connectivity index (χ0n) is 11.3. The summed E-state index contributed by atoms with van der Waals surface area (Å²) in [6.45, 7) is 8.51. The van der Waals surface area contributed by atoms with E-state index < -0.39 is 0 Å². The van der Waals surface area contributed by atoms with Crippen molar-refractivity contribution in [3.8, 4) is 0 Å². The number of thiazole rings is 1. The molecule has 2 rings (SSSR count). The van der Waals surface area contributed by atoms with Crippen molar-refractivity contribution in [2.45, 2.75) is 39.7 Å². The van der Waals surface area contributed by atoms with Crippen LogP contribution in [0, 0.1) is 12.8 Å². The highest BCUT2D eigenvalue weighted by Gasteiger charge is 2.28. The fraction of sp³-hybridized carbons (Fsp3) is 0.692. The van der Waals surface area contributed by atoms with Gasteiger partial charge in [0, 0.05) is 11.1 Å². The van der Waals surface area contributed by atoms with Crippen molar-refractivity contribution in [3.05, 3.63) is 11.1 Å². The molecular weight excluding hydrogens is 246 g/mol. The van der Waals surface area contributed by atoms with Crippen LogP contribution in [0.3, 0.4) is 0 Å². The first kappa shape index (κ1) is 13.5. The van der Waals surface area contributed by atoms with E-state index in [1.165, 1.54) is 29.1 Å². The molecule has 1 aliphatic rings. The first-order valence-corrected chi connectivity index (χ1v) is 7.46. The molecule has 1 fully saturated rings. The molecule has 2 heterocycles. The number of anilines is 1. The van der Waals surface area contributed by atoms with Gasteiger partial charge in [-0.25, -0.2) is 4.98 Å². The van der Waals surface area contributed by atoms with Gasteiger partial charge in [0.15, 0.2) is 11.2 Å². The van der Waals surface area contributed by atoms with Gasteiger partial charge in [-0.2, -0.15) is 0 Å². The molecule has 4 nitrogen and oxygen atoms in total.